The van der Waals surface area contributed by atoms with E-state index in [0.717, 1.165) is 10.5 Å². The second-order valence-electron chi connectivity index (χ2n) is 6.90. The lowest BCUT2D eigenvalue weighted by Gasteiger charge is -2.21. The summed E-state index contributed by atoms with van der Waals surface area (Å²) in [4.78, 5) is 24.3. The van der Waals surface area contributed by atoms with E-state index in [1.165, 1.54) is 0 Å². The topological polar surface area (TPSA) is 70.7 Å². The van der Waals surface area contributed by atoms with Crippen molar-refractivity contribution in [3.8, 4) is 5.75 Å². The number of carbonyl (C=O) groups is 2. The Balaban J connectivity index is 1.57. The molecule has 2 aromatic carbocycles. The summed E-state index contributed by atoms with van der Waals surface area (Å²) in [6.45, 7) is 0.189. The number of carbonyl (C=O) groups excluding carboxylic acids is 2. The van der Waals surface area contributed by atoms with E-state index in [1.54, 1.807) is 36.4 Å². The molecule has 0 fully saturated rings. The van der Waals surface area contributed by atoms with Crippen LogP contribution in [0.25, 0.3) is 0 Å². The predicted octanol–water partition coefficient (Wildman–Crippen LogP) is 4.03. The highest BCUT2D eigenvalue weighted by molar-refractivity contribution is 6.32. The van der Waals surface area contributed by atoms with Crippen molar-refractivity contribution in [3.05, 3.63) is 58.6 Å². The molecule has 3 rings (SSSR count). The third-order valence-corrected chi connectivity index (χ3v) is 5.09. The van der Waals surface area contributed by atoms with Gasteiger partial charge in [-0.3, -0.25) is 4.79 Å². The molecule has 1 aliphatic heterocycles. The van der Waals surface area contributed by atoms with E-state index >= 15 is 0 Å². The number of nitrogens with zero attached hydrogens (tertiary/aromatic N) is 1. The molecule has 2 aromatic rings. The highest BCUT2D eigenvalue weighted by Gasteiger charge is 2.42. The molecule has 166 valence electrons. The fraction of sp³-hybridized carbons (Fsp3) is 0.333. The second-order valence-corrected chi connectivity index (χ2v) is 7.31. The van der Waals surface area contributed by atoms with E-state index in [9.17, 15) is 22.8 Å². The highest BCUT2D eigenvalue weighted by Crippen LogP contribution is 2.34. The molecular formula is C21H21ClF3N3O3. The van der Waals surface area contributed by atoms with E-state index < -0.39 is 18.1 Å². The largest absolute Gasteiger partial charge is 0.490 e. The zero-order valence-corrected chi connectivity index (χ0v) is 17.2. The van der Waals surface area contributed by atoms with Gasteiger partial charge in [-0.2, -0.15) is 13.2 Å². The molecule has 31 heavy (non-hydrogen) atoms. The summed E-state index contributed by atoms with van der Waals surface area (Å²) in [7, 11) is 0. The number of amides is 3. The van der Waals surface area contributed by atoms with Crippen molar-refractivity contribution in [1.29, 1.82) is 0 Å². The lowest BCUT2D eigenvalue weighted by molar-refractivity contribution is -0.185. The average molecular weight is 456 g/mol. The smallest absolute Gasteiger partial charge is 0.471 e. The number of fused-ring (bicyclic) bond motifs is 1. The molecule has 0 bridgehead atoms. The summed E-state index contributed by atoms with van der Waals surface area (Å²) in [5, 5.41) is 5.65. The first kappa shape index (κ1) is 22.7. The molecule has 1 heterocycles. The van der Waals surface area contributed by atoms with Gasteiger partial charge in [0.15, 0.2) is 0 Å². The quantitative estimate of drug-likeness (QED) is 0.669. The standard InChI is InChI=1S/C21H21ClF3N3O3/c22-17-7-6-14-8-11-28(19(29)21(23,24)25)12-9-16(14)18(17)31-13-10-26-20(30)27-15-4-2-1-3-5-15/h1-7H,8-13H2,(H2,26,27,30). The number of rotatable bonds is 5. The molecular weight excluding hydrogens is 435 g/mol. The van der Waals surface area contributed by atoms with Crippen molar-refractivity contribution in [2.75, 3.05) is 31.6 Å². The van der Waals surface area contributed by atoms with Gasteiger partial charge in [0, 0.05) is 24.3 Å². The van der Waals surface area contributed by atoms with E-state index in [4.69, 9.17) is 16.3 Å². The molecule has 0 spiro atoms. The number of para-hydroxylation sites is 1. The Hall–Kier alpha value is -2.94. The lowest BCUT2D eigenvalue weighted by atomic mass is 10.0. The summed E-state index contributed by atoms with van der Waals surface area (Å²) < 4.78 is 44.1. The number of halogens is 4. The van der Waals surface area contributed by atoms with E-state index in [2.05, 4.69) is 10.6 Å². The summed E-state index contributed by atoms with van der Waals surface area (Å²) in [6.07, 6.45) is -4.45. The minimum atomic E-state index is -4.90. The highest BCUT2D eigenvalue weighted by atomic mass is 35.5. The number of anilines is 1. The van der Waals surface area contributed by atoms with Crippen LogP contribution in [-0.2, 0) is 17.6 Å². The van der Waals surface area contributed by atoms with Gasteiger partial charge in [-0.25, -0.2) is 4.79 Å². The van der Waals surface area contributed by atoms with Gasteiger partial charge in [0.05, 0.1) is 11.6 Å². The lowest BCUT2D eigenvalue weighted by Crippen LogP contribution is -2.42. The van der Waals surface area contributed by atoms with Crippen LogP contribution < -0.4 is 15.4 Å². The van der Waals surface area contributed by atoms with Crippen LogP contribution in [0.1, 0.15) is 11.1 Å². The van der Waals surface area contributed by atoms with Crippen molar-refractivity contribution in [1.82, 2.24) is 10.2 Å². The molecule has 0 aromatic heterocycles. The molecule has 10 heteroatoms. The first-order valence-corrected chi connectivity index (χ1v) is 10.0. The summed E-state index contributed by atoms with van der Waals surface area (Å²) in [6, 6.07) is 11.9. The van der Waals surface area contributed by atoms with Crippen LogP contribution >= 0.6 is 11.6 Å². The van der Waals surface area contributed by atoms with Crippen molar-refractivity contribution in [2.45, 2.75) is 19.0 Å². The van der Waals surface area contributed by atoms with Crippen LogP contribution in [0.15, 0.2) is 42.5 Å². The molecule has 0 atom stereocenters. The second kappa shape index (κ2) is 9.91. The first-order chi connectivity index (χ1) is 14.8. The molecule has 0 aliphatic carbocycles. The third-order valence-electron chi connectivity index (χ3n) is 4.79. The number of urea groups is 1. The van der Waals surface area contributed by atoms with Crippen LogP contribution in [0.5, 0.6) is 5.75 Å². The SMILES string of the molecule is O=C(NCCOc1c(Cl)ccc2c1CCN(C(=O)C(F)(F)F)CC2)Nc1ccccc1. The fourth-order valence-electron chi connectivity index (χ4n) is 3.32. The Labute approximate surface area is 182 Å². The van der Waals surface area contributed by atoms with Crippen LogP contribution in [0, 0.1) is 0 Å². The fourth-order valence-corrected chi connectivity index (χ4v) is 3.55. The average Bonchev–Trinajstić information content (AvgIpc) is 2.94. The van der Waals surface area contributed by atoms with Gasteiger partial charge < -0.3 is 20.3 Å². The van der Waals surface area contributed by atoms with Gasteiger partial charge in [0.1, 0.15) is 12.4 Å². The van der Waals surface area contributed by atoms with E-state index in [1.807, 2.05) is 6.07 Å². The van der Waals surface area contributed by atoms with Gasteiger partial charge in [-0.15, -0.1) is 0 Å². The maximum atomic E-state index is 12.8. The number of nitrogens with one attached hydrogen (secondary N) is 2. The summed E-state index contributed by atoms with van der Waals surface area (Å²) in [5.41, 5.74) is 2.11. The van der Waals surface area contributed by atoms with Gasteiger partial charge in [0.2, 0.25) is 0 Å². The number of ether oxygens (including phenoxy) is 1. The first-order valence-electron chi connectivity index (χ1n) is 9.65. The van der Waals surface area contributed by atoms with Crippen LogP contribution in [0.2, 0.25) is 5.02 Å². The van der Waals surface area contributed by atoms with E-state index in [0.29, 0.717) is 22.0 Å². The van der Waals surface area contributed by atoms with Crippen molar-refractivity contribution >= 4 is 29.2 Å². The monoisotopic (exact) mass is 455 g/mol. The zero-order chi connectivity index (χ0) is 22.4. The molecule has 6 nitrogen and oxygen atoms in total. The zero-order valence-electron chi connectivity index (χ0n) is 16.5. The minimum Gasteiger partial charge on any atom is -0.490 e. The number of benzene rings is 2. The molecule has 3 amide bonds. The number of alkyl halides is 3. The Morgan fingerprint density at radius 3 is 2.48 bits per heavy atom. The van der Waals surface area contributed by atoms with Gasteiger partial charge in [-0.05, 0) is 36.6 Å². The Morgan fingerprint density at radius 1 is 1.06 bits per heavy atom. The normalized spacial score (nSPS) is 13.7. The van der Waals surface area contributed by atoms with Crippen LogP contribution in [0.3, 0.4) is 0 Å². The maximum absolute atomic E-state index is 12.8. The Morgan fingerprint density at radius 2 is 1.77 bits per heavy atom. The van der Waals surface area contributed by atoms with Crippen molar-refractivity contribution in [2.24, 2.45) is 0 Å². The number of hydrogen-bond donors (Lipinski definition) is 2. The molecule has 1 aliphatic rings. The van der Waals surface area contributed by atoms with Gasteiger partial charge in [-0.1, -0.05) is 35.9 Å². The third kappa shape index (κ3) is 6.04. The predicted molar refractivity (Wildman–Crippen MR) is 110 cm³/mol. The van der Waals surface area contributed by atoms with E-state index in [-0.39, 0.29) is 39.1 Å². The summed E-state index contributed by atoms with van der Waals surface area (Å²) in [5.74, 6) is -1.48. The van der Waals surface area contributed by atoms with Crippen molar-refractivity contribution < 1.29 is 27.5 Å². The van der Waals surface area contributed by atoms with Gasteiger partial charge in [0.25, 0.3) is 0 Å². The molecule has 0 saturated heterocycles. The van der Waals surface area contributed by atoms with Crippen LogP contribution in [-0.4, -0.2) is 49.3 Å². The maximum Gasteiger partial charge on any atom is 0.471 e. The Bertz CT molecular complexity index is 939. The minimum absolute atomic E-state index is 0.0341. The molecule has 2 N–H and O–H groups in total. The van der Waals surface area contributed by atoms with Crippen molar-refractivity contribution in [3.63, 3.8) is 0 Å². The van der Waals surface area contributed by atoms with Gasteiger partial charge >= 0.3 is 18.1 Å². The Kier molecular flexibility index (Phi) is 7.27. The number of hydrogen-bond acceptors (Lipinski definition) is 3. The molecule has 0 radical (unpaired) electrons. The van der Waals surface area contributed by atoms with Crippen LogP contribution in [0.4, 0.5) is 23.7 Å². The summed E-state index contributed by atoms with van der Waals surface area (Å²) >= 11 is 6.25. The molecule has 0 saturated carbocycles. The molecule has 0 unspecified atom stereocenters.